The molecule has 11 heteroatoms. The average molecular weight is 475 g/mol. The number of rotatable bonds is 4. The smallest absolute Gasteiger partial charge is 0.426 e. The molecule has 180 valence electrons. The van der Waals surface area contributed by atoms with Gasteiger partial charge >= 0.3 is 18.4 Å². The molecule has 0 saturated carbocycles. The number of pyridine rings is 1. The topological polar surface area (TPSA) is 45.7 Å². The predicted molar refractivity (Wildman–Crippen MR) is 108 cm³/mol. The van der Waals surface area contributed by atoms with Gasteiger partial charge in [-0.3, -0.25) is 9.88 Å². The summed E-state index contributed by atoms with van der Waals surface area (Å²) in [6.45, 7) is 4.82. The Morgan fingerprint density at radius 1 is 0.970 bits per heavy atom. The number of hydrogen-bond acceptors (Lipinski definition) is 4. The van der Waals surface area contributed by atoms with E-state index >= 15 is 0 Å². The molecule has 5 nitrogen and oxygen atoms in total. The Morgan fingerprint density at radius 2 is 1.58 bits per heavy atom. The van der Waals surface area contributed by atoms with Gasteiger partial charge in [-0.1, -0.05) is 30.3 Å². The number of hydrogen-bond donors (Lipinski definition) is 0. The van der Waals surface area contributed by atoms with Gasteiger partial charge in [-0.2, -0.15) is 26.3 Å². The average Bonchev–Trinajstić information content (AvgIpc) is 2.72. The third-order valence-corrected chi connectivity index (χ3v) is 5.45. The first-order valence-electron chi connectivity index (χ1n) is 10.2. The number of benzene rings is 1. The summed E-state index contributed by atoms with van der Waals surface area (Å²) in [6.07, 6.45) is -17.2. The van der Waals surface area contributed by atoms with E-state index in [1.165, 1.54) is 0 Å². The molecule has 1 fully saturated rings. The second-order valence-electron chi connectivity index (χ2n) is 7.87. The fourth-order valence-corrected chi connectivity index (χ4v) is 3.59. The predicted octanol–water partition coefficient (Wildman–Crippen LogP) is 5.11. The van der Waals surface area contributed by atoms with Gasteiger partial charge in [0.05, 0.1) is 5.69 Å². The van der Waals surface area contributed by atoms with Gasteiger partial charge in [0.15, 0.2) is 0 Å². The molecule has 0 atom stereocenters. The minimum absolute atomic E-state index is 0.0466. The second kappa shape index (κ2) is 9.58. The fourth-order valence-electron chi connectivity index (χ4n) is 3.59. The van der Waals surface area contributed by atoms with Crippen LogP contribution in [0.15, 0.2) is 36.4 Å². The molecule has 0 radical (unpaired) electrons. The highest BCUT2D eigenvalue weighted by atomic mass is 19.4. The standard InChI is InChI=1S/C22H23F6N3O2/c1-14-5-3-4-6-17(14)18-8-7-16(15(2)29-18)13-30-9-11-31(12-10-30)20(32)33-19(21(23,24)25)22(26,27)28/h3-8,19H,9-13H2,1-2H3. The number of carbonyl (C=O) groups excluding carboxylic acids is 1. The molecule has 0 spiro atoms. The molecular weight excluding hydrogens is 452 g/mol. The minimum Gasteiger partial charge on any atom is -0.426 e. The van der Waals surface area contributed by atoms with Gasteiger partial charge in [-0.15, -0.1) is 0 Å². The van der Waals surface area contributed by atoms with Crippen LogP contribution in [0.2, 0.25) is 0 Å². The highest BCUT2D eigenvalue weighted by Crippen LogP contribution is 2.36. The molecule has 0 bridgehead atoms. The maximum atomic E-state index is 12.6. The number of alkyl halides is 6. The number of aromatic nitrogens is 1. The highest BCUT2D eigenvalue weighted by molar-refractivity contribution is 5.68. The summed E-state index contributed by atoms with van der Waals surface area (Å²) in [5.41, 5.74) is 4.72. The lowest BCUT2D eigenvalue weighted by Crippen LogP contribution is -2.52. The van der Waals surface area contributed by atoms with Gasteiger partial charge in [0.2, 0.25) is 0 Å². The Kier molecular flexibility index (Phi) is 7.20. The van der Waals surface area contributed by atoms with E-state index in [4.69, 9.17) is 0 Å². The van der Waals surface area contributed by atoms with E-state index in [9.17, 15) is 31.1 Å². The van der Waals surface area contributed by atoms with Crippen LogP contribution in [0.4, 0.5) is 31.1 Å². The lowest BCUT2D eigenvalue weighted by molar-refractivity contribution is -0.308. The van der Waals surface area contributed by atoms with Crippen molar-refractivity contribution >= 4 is 6.09 Å². The molecule has 2 heterocycles. The summed E-state index contributed by atoms with van der Waals surface area (Å²) in [5, 5.41) is 0. The molecular formula is C22H23F6N3O2. The first-order chi connectivity index (χ1) is 15.4. The Labute approximate surface area is 187 Å². The number of amides is 1. The summed E-state index contributed by atoms with van der Waals surface area (Å²) >= 11 is 0. The zero-order valence-electron chi connectivity index (χ0n) is 18.0. The minimum atomic E-state index is -5.73. The summed E-state index contributed by atoms with van der Waals surface area (Å²) in [4.78, 5) is 19.4. The van der Waals surface area contributed by atoms with Crippen LogP contribution in [0.25, 0.3) is 11.3 Å². The van der Waals surface area contributed by atoms with Crippen LogP contribution < -0.4 is 0 Å². The molecule has 1 aromatic carbocycles. The van der Waals surface area contributed by atoms with E-state index in [0.717, 1.165) is 33.0 Å². The van der Waals surface area contributed by atoms with Gasteiger partial charge in [0.1, 0.15) is 0 Å². The van der Waals surface area contributed by atoms with Crippen molar-refractivity contribution in [3.05, 3.63) is 53.2 Å². The van der Waals surface area contributed by atoms with Gasteiger partial charge in [-0.25, -0.2) is 4.79 Å². The second-order valence-corrected chi connectivity index (χ2v) is 7.87. The maximum absolute atomic E-state index is 12.6. The first-order valence-corrected chi connectivity index (χ1v) is 10.2. The first kappa shape index (κ1) is 24.8. The van der Waals surface area contributed by atoms with E-state index < -0.39 is 24.5 Å². The molecule has 0 unspecified atom stereocenters. The van der Waals surface area contributed by atoms with Crippen molar-refractivity contribution in [1.82, 2.24) is 14.8 Å². The highest BCUT2D eigenvalue weighted by Gasteiger charge is 2.60. The Hall–Kier alpha value is -2.82. The Bertz CT molecular complexity index is 971. The van der Waals surface area contributed by atoms with Crippen molar-refractivity contribution in [2.75, 3.05) is 26.2 Å². The van der Waals surface area contributed by atoms with Crippen LogP contribution in [-0.4, -0.2) is 65.5 Å². The number of piperazine rings is 1. The molecule has 1 amide bonds. The van der Waals surface area contributed by atoms with Crippen molar-refractivity contribution in [3.8, 4) is 11.3 Å². The van der Waals surface area contributed by atoms with Crippen LogP contribution >= 0.6 is 0 Å². The third-order valence-electron chi connectivity index (χ3n) is 5.45. The molecule has 33 heavy (non-hydrogen) atoms. The summed E-state index contributed by atoms with van der Waals surface area (Å²) < 4.78 is 79.5. The quantitative estimate of drug-likeness (QED) is 0.577. The Morgan fingerprint density at radius 3 is 2.12 bits per heavy atom. The molecule has 2 aromatic rings. The number of nitrogens with zero attached hydrogens (tertiary/aromatic N) is 3. The summed E-state index contributed by atoms with van der Waals surface area (Å²) in [6, 6.07) is 11.7. The van der Waals surface area contributed by atoms with Gasteiger partial charge < -0.3 is 9.64 Å². The number of carbonyl (C=O) groups is 1. The number of halogens is 6. The van der Waals surface area contributed by atoms with Gasteiger partial charge in [0.25, 0.3) is 6.10 Å². The molecule has 0 aliphatic carbocycles. The Balaban J connectivity index is 1.58. The SMILES string of the molecule is Cc1ccccc1-c1ccc(CN2CCN(C(=O)OC(C(F)(F)F)C(F)(F)F)CC2)c(C)n1. The van der Waals surface area contributed by atoms with Crippen LogP contribution in [0, 0.1) is 13.8 Å². The molecule has 1 aliphatic rings. The fraction of sp³-hybridized carbons (Fsp3) is 0.455. The largest absolute Gasteiger partial charge is 0.434 e. The van der Waals surface area contributed by atoms with Crippen LogP contribution in [-0.2, 0) is 11.3 Å². The van der Waals surface area contributed by atoms with Crippen molar-refractivity contribution in [2.24, 2.45) is 0 Å². The van der Waals surface area contributed by atoms with E-state index in [2.05, 4.69) is 9.72 Å². The third kappa shape index (κ3) is 6.16. The van der Waals surface area contributed by atoms with Crippen molar-refractivity contribution < 1.29 is 35.9 Å². The van der Waals surface area contributed by atoms with E-state index in [1.807, 2.05) is 55.1 Å². The molecule has 1 aliphatic heterocycles. The number of aryl methyl sites for hydroxylation is 2. The maximum Gasteiger partial charge on any atom is 0.434 e. The van der Waals surface area contributed by atoms with Crippen LogP contribution in [0.1, 0.15) is 16.8 Å². The van der Waals surface area contributed by atoms with Gasteiger partial charge in [0, 0.05) is 44.0 Å². The molecule has 1 saturated heterocycles. The zero-order chi connectivity index (χ0) is 24.4. The van der Waals surface area contributed by atoms with E-state index in [1.54, 1.807) is 0 Å². The summed E-state index contributed by atoms with van der Waals surface area (Å²) in [5.74, 6) is 0. The van der Waals surface area contributed by atoms with Crippen molar-refractivity contribution in [3.63, 3.8) is 0 Å². The number of ether oxygens (including phenoxy) is 1. The van der Waals surface area contributed by atoms with E-state index in [0.29, 0.717) is 6.54 Å². The molecule has 3 rings (SSSR count). The summed E-state index contributed by atoms with van der Waals surface area (Å²) in [7, 11) is 0. The zero-order valence-corrected chi connectivity index (χ0v) is 18.0. The monoisotopic (exact) mass is 475 g/mol. The van der Waals surface area contributed by atoms with Gasteiger partial charge in [-0.05, 0) is 31.0 Å². The van der Waals surface area contributed by atoms with Crippen molar-refractivity contribution in [2.45, 2.75) is 38.8 Å². The lowest BCUT2D eigenvalue weighted by atomic mass is 10.0. The lowest BCUT2D eigenvalue weighted by Gasteiger charge is -2.35. The van der Waals surface area contributed by atoms with Crippen LogP contribution in [0.5, 0.6) is 0 Å². The van der Waals surface area contributed by atoms with Crippen molar-refractivity contribution in [1.29, 1.82) is 0 Å². The van der Waals surface area contributed by atoms with Crippen LogP contribution in [0.3, 0.4) is 0 Å². The normalized spacial score (nSPS) is 15.7. The van der Waals surface area contributed by atoms with E-state index in [-0.39, 0.29) is 26.2 Å². The molecule has 1 aromatic heterocycles. The molecule has 0 N–H and O–H groups in total.